The van der Waals surface area contributed by atoms with Gasteiger partial charge in [-0.15, -0.1) is 0 Å². The maximum absolute atomic E-state index is 5.07. The Kier molecular flexibility index (Phi) is 5.39. The number of rotatable bonds is 4. The summed E-state index contributed by atoms with van der Waals surface area (Å²) in [5.41, 5.74) is 11.3. The van der Waals surface area contributed by atoms with Gasteiger partial charge < -0.3 is 4.57 Å². The average molecular weight is 413 g/mol. The van der Waals surface area contributed by atoms with Crippen molar-refractivity contribution in [2.24, 2.45) is 0 Å². The lowest BCUT2D eigenvalue weighted by molar-refractivity contribution is 0.477. The zero-order valence-corrected chi connectivity index (χ0v) is 20.0. The highest BCUT2D eigenvalue weighted by molar-refractivity contribution is 5.90. The van der Waals surface area contributed by atoms with E-state index in [9.17, 15) is 0 Å². The monoisotopic (exact) mass is 412 g/mol. The number of nitrogens with zero attached hydrogens (tertiary/aromatic N) is 4. The van der Waals surface area contributed by atoms with Crippen LogP contribution in [0.25, 0.3) is 27.8 Å². The highest BCUT2D eigenvalue weighted by Gasteiger charge is 2.24. The molecule has 3 heterocycles. The Labute approximate surface area is 185 Å². The number of aromatic nitrogens is 4. The van der Waals surface area contributed by atoms with Crippen LogP contribution in [0, 0.1) is 46.5 Å². The molecule has 0 atom stereocenters. The van der Waals surface area contributed by atoms with Crippen molar-refractivity contribution in [3.8, 4) is 23.0 Å². The van der Waals surface area contributed by atoms with Gasteiger partial charge in [-0.25, -0.2) is 4.98 Å². The Balaban J connectivity index is 2.18. The van der Waals surface area contributed by atoms with Crippen LogP contribution in [0.3, 0.4) is 0 Å². The van der Waals surface area contributed by atoms with Crippen molar-refractivity contribution in [1.82, 2.24) is 19.2 Å². The molecule has 0 aliphatic carbocycles. The summed E-state index contributed by atoms with van der Waals surface area (Å²) < 4.78 is 4.45. The van der Waals surface area contributed by atoms with E-state index in [1.807, 2.05) is 6.92 Å². The first-order chi connectivity index (χ1) is 14.8. The molecule has 0 spiro atoms. The molecule has 0 amide bonds. The van der Waals surface area contributed by atoms with Gasteiger partial charge in [0, 0.05) is 11.4 Å². The highest BCUT2D eigenvalue weighted by atomic mass is 15.3. The molecule has 31 heavy (non-hydrogen) atoms. The van der Waals surface area contributed by atoms with Crippen molar-refractivity contribution in [1.29, 1.82) is 0 Å². The molecule has 4 nitrogen and oxygen atoms in total. The van der Waals surface area contributed by atoms with Gasteiger partial charge in [0.2, 0.25) is 0 Å². The van der Waals surface area contributed by atoms with Crippen LogP contribution in [0.4, 0.5) is 0 Å². The van der Waals surface area contributed by atoms with Crippen LogP contribution in [-0.4, -0.2) is 19.2 Å². The predicted octanol–water partition coefficient (Wildman–Crippen LogP) is 6.63. The van der Waals surface area contributed by atoms with E-state index in [-0.39, 0.29) is 0 Å². The van der Waals surface area contributed by atoms with Crippen molar-refractivity contribution in [2.45, 2.75) is 74.3 Å². The fourth-order valence-corrected chi connectivity index (χ4v) is 5.10. The molecule has 0 bridgehead atoms. The first-order valence-corrected chi connectivity index (χ1v) is 11.2. The molecule has 1 aromatic carbocycles. The Hall–Kier alpha value is -3.06. The molecular weight excluding hydrogens is 380 g/mol. The third kappa shape index (κ3) is 3.24. The lowest BCUT2D eigenvalue weighted by Gasteiger charge is -2.18. The van der Waals surface area contributed by atoms with Crippen LogP contribution < -0.4 is 0 Å². The van der Waals surface area contributed by atoms with E-state index in [1.165, 1.54) is 22.3 Å². The molecule has 0 saturated carbocycles. The minimum absolute atomic E-state index is 0.370. The fourth-order valence-electron chi connectivity index (χ4n) is 5.10. The van der Waals surface area contributed by atoms with E-state index < -0.39 is 0 Å². The maximum atomic E-state index is 5.07. The molecule has 4 aromatic rings. The highest BCUT2D eigenvalue weighted by Crippen LogP contribution is 2.36. The maximum Gasteiger partial charge on any atom is 0.165 e. The van der Waals surface area contributed by atoms with Crippen LogP contribution in [0.5, 0.6) is 0 Å². The number of benzene rings is 1. The summed E-state index contributed by atoms with van der Waals surface area (Å²) in [7, 11) is 0. The number of fused-ring (bicyclic) bond motifs is 3. The lowest BCUT2D eigenvalue weighted by atomic mass is 9.94. The van der Waals surface area contributed by atoms with E-state index in [4.69, 9.17) is 10.1 Å². The van der Waals surface area contributed by atoms with E-state index in [0.29, 0.717) is 6.04 Å². The van der Waals surface area contributed by atoms with Crippen molar-refractivity contribution in [3.05, 3.63) is 52.0 Å². The van der Waals surface area contributed by atoms with E-state index >= 15 is 0 Å². The topological polar surface area (TPSA) is 35.1 Å². The summed E-state index contributed by atoms with van der Waals surface area (Å²) in [6.07, 6.45) is 2.09. The van der Waals surface area contributed by atoms with Crippen LogP contribution in [0.15, 0.2) is 18.2 Å². The summed E-state index contributed by atoms with van der Waals surface area (Å²) in [6, 6.07) is 7.05. The molecule has 0 unspecified atom stereocenters. The Morgan fingerprint density at radius 3 is 2.13 bits per heavy atom. The Morgan fingerprint density at radius 2 is 1.55 bits per heavy atom. The average Bonchev–Trinajstić information content (AvgIpc) is 3.22. The van der Waals surface area contributed by atoms with Crippen LogP contribution >= 0.6 is 0 Å². The molecule has 0 saturated heterocycles. The van der Waals surface area contributed by atoms with Crippen LogP contribution in [-0.2, 0) is 0 Å². The summed E-state index contributed by atoms with van der Waals surface area (Å²) in [5.74, 6) is 6.43. The van der Waals surface area contributed by atoms with Gasteiger partial charge in [-0.1, -0.05) is 37.5 Å². The van der Waals surface area contributed by atoms with Gasteiger partial charge in [0.1, 0.15) is 5.65 Å². The largest absolute Gasteiger partial charge is 0.316 e. The molecule has 0 N–H and O–H groups in total. The zero-order valence-electron chi connectivity index (χ0n) is 20.0. The summed E-state index contributed by atoms with van der Waals surface area (Å²) >= 11 is 0. The smallest absolute Gasteiger partial charge is 0.165 e. The third-order valence-corrected chi connectivity index (χ3v) is 6.40. The summed E-state index contributed by atoms with van der Waals surface area (Å²) in [6.45, 7) is 17.1. The van der Waals surface area contributed by atoms with Crippen molar-refractivity contribution in [3.63, 3.8) is 0 Å². The zero-order chi connectivity index (χ0) is 22.4. The van der Waals surface area contributed by atoms with E-state index in [2.05, 4.69) is 87.6 Å². The van der Waals surface area contributed by atoms with E-state index in [0.717, 1.165) is 52.2 Å². The molecule has 4 rings (SSSR count). The SMILES string of the molecule is CC#Cc1cc2c(C)nc3c(-c4c(C)cc(C)cc4C)c(C)nn3c2n1C(CC)CC. The number of hydrogen-bond donors (Lipinski definition) is 0. The minimum Gasteiger partial charge on any atom is -0.316 e. The molecule has 4 heteroatoms. The summed E-state index contributed by atoms with van der Waals surface area (Å²) in [4.78, 5) is 5.07. The van der Waals surface area contributed by atoms with Gasteiger partial charge in [-0.2, -0.15) is 9.61 Å². The molecule has 0 aliphatic rings. The summed E-state index contributed by atoms with van der Waals surface area (Å²) in [5, 5.41) is 6.16. The van der Waals surface area contributed by atoms with Gasteiger partial charge in [0.05, 0.1) is 22.6 Å². The minimum atomic E-state index is 0.370. The first-order valence-electron chi connectivity index (χ1n) is 11.2. The second-order valence-electron chi connectivity index (χ2n) is 8.65. The number of hydrogen-bond acceptors (Lipinski definition) is 2. The van der Waals surface area contributed by atoms with Gasteiger partial charge in [0.15, 0.2) is 5.65 Å². The van der Waals surface area contributed by atoms with Crippen molar-refractivity contribution in [2.75, 3.05) is 0 Å². The molecule has 0 fully saturated rings. The second-order valence-corrected chi connectivity index (χ2v) is 8.65. The fraction of sp³-hybridized carbons (Fsp3) is 0.407. The molecule has 3 aromatic heterocycles. The van der Waals surface area contributed by atoms with Crippen LogP contribution in [0.1, 0.15) is 73.4 Å². The molecule has 160 valence electrons. The van der Waals surface area contributed by atoms with Crippen molar-refractivity contribution < 1.29 is 0 Å². The molecule has 0 radical (unpaired) electrons. The van der Waals surface area contributed by atoms with Gasteiger partial charge in [-0.3, -0.25) is 0 Å². The quantitative estimate of drug-likeness (QED) is 0.353. The van der Waals surface area contributed by atoms with Gasteiger partial charge >= 0.3 is 0 Å². The van der Waals surface area contributed by atoms with Gasteiger partial charge in [-0.05, 0) is 83.1 Å². The Bertz CT molecular complexity index is 1340. The Morgan fingerprint density at radius 1 is 0.903 bits per heavy atom. The van der Waals surface area contributed by atoms with Crippen molar-refractivity contribution >= 4 is 16.7 Å². The predicted molar refractivity (Wildman–Crippen MR) is 130 cm³/mol. The second kappa shape index (κ2) is 7.89. The van der Waals surface area contributed by atoms with Gasteiger partial charge in [0.25, 0.3) is 0 Å². The van der Waals surface area contributed by atoms with Crippen LogP contribution in [0.2, 0.25) is 0 Å². The standard InChI is InChI=1S/C27H32N4/c1-9-12-22-15-23-19(7)28-26-25(24-17(5)13-16(4)14-18(24)6)20(8)29-31(26)27(23)30(22)21(10-2)11-3/h13-15,21H,10-11H2,1-8H3. The first kappa shape index (κ1) is 21.2. The van der Waals surface area contributed by atoms with E-state index in [1.54, 1.807) is 0 Å². The lowest BCUT2D eigenvalue weighted by Crippen LogP contribution is -2.12. The normalized spacial score (nSPS) is 11.5. The molecule has 0 aliphatic heterocycles. The molecular formula is C27H32N4. The number of aryl methyl sites for hydroxylation is 5. The third-order valence-electron chi connectivity index (χ3n) is 6.40.